The van der Waals surface area contributed by atoms with E-state index in [4.69, 9.17) is 5.73 Å². The molecule has 0 radical (unpaired) electrons. The van der Waals surface area contributed by atoms with Gasteiger partial charge in [-0.05, 0) is 25.7 Å². The van der Waals surface area contributed by atoms with E-state index < -0.39 is 0 Å². The molecule has 0 heterocycles. The van der Waals surface area contributed by atoms with Crippen molar-refractivity contribution in [3.63, 3.8) is 0 Å². The number of allylic oxidation sites excluding steroid dienone is 1. The molecule has 0 rings (SSSR count). The molecule has 96 valence electrons. The van der Waals surface area contributed by atoms with Gasteiger partial charge in [-0.25, -0.2) is 0 Å². The van der Waals surface area contributed by atoms with Gasteiger partial charge < -0.3 is 11.9 Å². The number of carbonyl (C=O) groups excluding carboxylic acids is 1. The summed E-state index contributed by atoms with van der Waals surface area (Å²) in [5.41, 5.74) is 7.64. The first-order valence-corrected chi connectivity index (χ1v) is 6.17. The quantitative estimate of drug-likeness (QED) is 0.621. The number of carbonyl (C=O) groups is 1. The summed E-state index contributed by atoms with van der Waals surface area (Å²) in [5.74, 6) is -0.208. The number of rotatable bonds is 8. The third kappa shape index (κ3) is 6.62. The van der Waals surface area contributed by atoms with E-state index in [0.29, 0.717) is 0 Å². The van der Waals surface area contributed by atoms with Crippen molar-refractivity contribution in [3.05, 3.63) is 11.1 Å². The molecular formula is C13H28N2O. The summed E-state index contributed by atoms with van der Waals surface area (Å²) >= 11 is 0. The van der Waals surface area contributed by atoms with Crippen LogP contribution in [-0.4, -0.2) is 5.91 Å². The molecule has 3 nitrogen and oxygen atoms in total. The van der Waals surface area contributed by atoms with Crippen LogP contribution in [0.25, 0.3) is 0 Å². The Labute approximate surface area is 100 Å². The SMILES string of the molecule is CCCCC(C(N)=O)=C(CCC)CCC.N. The van der Waals surface area contributed by atoms with E-state index >= 15 is 0 Å². The number of primary amides is 1. The molecule has 0 spiro atoms. The maximum absolute atomic E-state index is 11.4. The first-order chi connectivity index (χ1) is 7.17. The molecule has 0 aliphatic carbocycles. The van der Waals surface area contributed by atoms with Crippen molar-refractivity contribution in [1.29, 1.82) is 0 Å². The van der Waals surface area contributed by atoms with Crippen molar-refractivity contribution >= 4 is 5.91 Å². The topological polar surface area (TPSA) is 78.1 Å². The third-order valence-electron chi connectivity index (χ3n) is 2.61. The molecule has 0 aromatic carbocycles. The average molecular weight is 228 g/mol. The van der Waals surface area contributed by atoms with Crippen LogP contribution in [0.2, 0.25) is 0 Å². The highest BCUT2D eigenvalue weighted by molar-refractivity contribution is 5.92. The zero-order valence-electron chi connectivity index (χ0n) is 11.1. The van der Waals surface area contributed by atoms with Gasteiger partial charge in [0.25, 0.3) is 0 Å². The molecule has 0 atom stereocenters. The molecular weight excluding hydrogens is 200 g/mol. The Morgan fingerprint density at radius 1 is 0.938 bits per heavy atom. The highest BCUT2D eigenvalue weighted by atomic mass is 16.1. The highest BCUT2D eigenvalue weighted by Gasteiger charge is 2.10. The summed E-state index contributed by atoms with van der Waals surface area (Å²) < 4.78 is 0. The molecule has 0 aromatic rings. The zero-order chi connectivity index (χ0) is 11.7. The maximum Gasteiger partial charge on any atom is 0.244 e. The van der Waals surface area contributed by atoms with Crippen LogP contribution in [0.5, 0.6) is 0 Å². The van der Waals surface area contributed by atoms with Crippen molar-refractivity contribution in [3.8, 4) is 0 Å². The highest BCUT2D eigenvalue weighted by Crippen LogP contribution is 2.21. The molecule has 1 amide bonds. The number of nitrogens with two attached hydrogens (primary N) is 1. The van der Waals surface area contributed by atoms with Crippen LogP contribution in [0, 0.1) is 0 Å². The Balaban J connectivity index is 0. The second-order valence-electron chi connectivity index (χ2n) is 4.05. The van der Waals surface area contributed by atoms with Crippen molar-refractivity contribution in [2.75, 3.05) is 0 Å². The molecule has 3 heteroatoms. The third-order valence-corrected chi connectivity index (χ3v) is 2.61. The van der Waals surface area contributed by atoms with E-state index in [0.717, 1.165) is 50.5 Å². The molecule has 5 N–H and O–H groups in total. The van der Waals surface area contributed by atoms with Crippen LogP contribution in [0.1, 0.15) is 65.7 Å². The average Bonchev–Trinajstić information content (AvgIpc) is 2.18. The van der Waals surface area contributed by atoms with Gasteiger partial charge in [-0.3, -0.25) is 4.79 Å². The minimum atomic E-state index is -0.208. The van der Waals surface area contributed by atoms with Gasteiger partial charge in [-0.1, -0.05) is 45.6 Å². The maximum atomic E-state index is 11.4. The van der Waals surface area contributed by atoms with E-state index in [1.807, 2.05) is 0 Å². The van der Waals surface area contributed by atoms with E-state index in [2.05, 4.69) is 20.8 Å². The zero-order valence-corrected chi connectivity index (χ0v) is 11.1. The lowest BCUT2D eigenvalue weighted by Crippen LogP contribution is -2.16. The van der Waals surface area contributed by atoms with E-state index in [1.54, 1.807) is 0 Å². The Kier molecular flexibility index (Phi) is 11.7. The van der Waals surface area contributed by atoms with E-state index in [9.17, 15) is 4.79 Å². The van der Waals surface area contributed by atoms with Crippen molar-refractivity contribution < 1.29 is 4.79 Å². The van der Waals surface area contributed by atoms with Crippen LogP contribution in [-0.2, 0) is 4.79 Å². The Morgan fingerprint density at radius 3 is 1.75 bits per heavy atom. The molecule has 0 aliphatic heterocycles. The first-order valence-electron chi connectivity index (χ1n) is 6.17. The normalized spacial score (nSPS) is 9.44. The molecule has 0 saturated heterocycles. The van der Waals surface area contributed by atoms with Crippen LogP contribution >= 0.6 is 0 Å². The smallest absolute Gasteiger partial charge is 0.244 e. The van der Waals surface area contributed by atoms with Gasteiger partial charge in [-0.15, -0.1) is 0 Å². The molecule has 0 saturated carbocycles. The van der Waals surface area contributed by atoms with Gasteiger partial charge >= 0.3 is 0 Å². The molecule has 0 fully saturated rings. The molecule has 0 aliphatic rings. The standard InChI is InChI=1S/C13H25NO.H3N/c1-4-7-10-12(13(14)15)11(8-5-2)9-6-3;/h4-10H2,1-3H3,(H2,14,15);1H3. The fourth-order valence-electron chi connectivity index (χ4n) is 1.86. The number of unbranched alkanes of at least 4 members (excludes halogenated alkanes) is 1. The number of hydrogen-bond donors (Lipinski definition) is 2. The number of hydrogen-bond acceptors (Lipinski definition) is 2. The monoisotopic (exact) mass is 228 g/mol. The molecule has 0 aromatic heterocycles. The first kappa shape index (κ1) is 17.6. The van der Waals surface area contributed by atoms with E-state index in [-0.39, 0.29) is 12.1 Å². The van der Waals surface area contributed by atoms with Crippen LogP contribution in [0.15, 0.2) is 11.1 Å². The molecule has 0 bridgehead atoms. The van der Waals surface area contributed by atoms with Crippen molar-refractivity contribution in [1.82, 2.24) is 6.15 Å². The second kappa shape index (κ2) is 10.7. The fraction of sp³-hybridized carbons (Fsp3) is 0.769. The van der Waals surface area contributed by atoms with Gasteiger partial charge in [-0.2, -0.15) is 0 Å². The minimum Gasteiger partial charge on any atom is -0.366 e. The largest absolute Gasteiger partial charge is 0.366 e. The van der Waals surface area contributed by atoms with Crippen LogP contribution in [0.4, 0.5) is 0 Å². The Bertz CT molecular complexity index is 214. The summed E-state index contributed by atoms with van der Waals surface area (Å²) in [4.78, 5) is 11.4. The fourth-order valence-corrected chi connectivity index (χ4v) is 1.86. The summed E-state index contributed by atoms with van der Waals surface area (Å²) in [6.07, 6.45) is 7.28. The lowest BCUT2D eigenvalue weighted by Gasteiger charge is -2.11. The lowest BCUT2D eigenvalue weighted by molar-refractivity contribution is -0.114. The van der Waals surface area contributed by atoms with Gasteiger partial charge in [0.2, 0.25) is 5.91 Å². The number of amides is 1. The lowest BCUT2D eigenvalue weighted by atomic mass is 9.95. The van der Waals surface area contributed by atoms with Crippen LogP contribution in [0.3, 0.4) is 0 Å². The van der Waals surface area contributed by atoms with Gasteiger partial charge in [0, 0.05) is 5.57 Å². The summed E-state index contributed by atoms with van der Waals surface area (Å²) in [6.45, 7) is 6.43. The molecule has 0 unspecified atom stereocenters. The Hall–Kier alpha value is -0.830. The van der Waals surface area contributed by atoms with Crippen molar-refractivity contribution in [2.24, 2.45) is 5.73 Å². The summed E-state index contributed by atoms with van der Waals surface area (Å²) in [6, 6.07) is 0. The predicted octanol–water partition coefficient (Wildman–Crippen LogP) is 3.72. The van der Waals surface area contributed by atoms with Gasteiger partial charge in [0.1, 0.15) is 0 Å². The Morgan fingerprint density at radius 2 is 1.44 bits per heavy atom. The van der Waals surface area contributed by atoms with E-state index in [1.165, 1.54) is 5.57 Å². The second-order valence-corrected chi connectivity index (χ2v) is 4.05. The molecule has 16 heavy (non-hydrogen) atoms. The van der Waals surface area contributed by atoms with Gasteiger partial charge in [0.15, 0.2) is 0 Å². The summed E-state index contributed by atoms with van der Waals surface area (Å²) in [7, 11) is 0. The summed E-state index contributed by atoms with van der Waals surface area (Å²) in [5, 5.41) is 0. The van der Waals surface area contributed by atoms with Crippen LogP contribution < -0.4 is 11.9 Å². The van der Waals surface area contributed by atoms with Crippen molar-refractivity contribution in [2.45, 2.75) is 65.7 Å². The predicted molar refractivity (Wildman–Crippen MR) is 70.6 cm³/mol. The van der Waals surface area contributed by atoms with Gasteiger partial charge in [0.05, 0.1) is 0 Å². The minimum absolute atomic E-state index is 0.